The molecule has 0 aromatic heterocycles. The molecule has 4 unspecified atom stereocenters. The number of amides is 3. The van der Waals surface area contributed by atoms with Gasteiger partial charge in [0.15, 0.2) is 0 Å². The number of hydrogen-bond acceptors (Lipinski definition) is 9. The van der Waals surface area contributed by atoms with Crippen LogP contribution in [0.25, 0.3) is 0 Å². The largest absolute Gasteiger partial charge is 0.394 e. The number of likely N-dealkylation sites (N-methyl/N-ethyl adjacent to an activating group) is 2. The predicted molar refractivity (Wildman–Crippen MR) is 152 cm³/mol. The third-order valence-electron chi connectivity index (χ3n) is 6.89. The first-order valence-electron chi connectivity index (χ1n) is 14.5. The Morgan fingerprint density at radius 1 is 0.800 bits per heavy atom. The molecule has 2 N–H and O–H groups in total. The van der Waals surface area contributed by atoms with Crippen LogP contribution >= 0.6 is 0 Å². The van der Waals surface area contributed by atoms with Crippen LogP contribution in [-0.4, -0.2) is 138 Å². The van der Waals surface area contributed by atoms with Crippen molar-refractivity contribution >= 4 is 17.7 Å². The topological polar surface area (TPSA) is 136 Å². The Morgan fingerprint density at radius 3 is 1.77 bits per heavy atom. The molecule has 0 aromatic carbocycles. The summed E-state index contributed by atoms with van der Waals surface area (Å²) >= 11 is 0. The molecule has 0 spiro atoms. The molecule has 0 heterocycles. The molecule has 0 rings (SSSR count). The van der Waals surface area contributed by atoms with Gasteiger partial charge in [-0.2, -0.15) is 0 Å². The van der Waals surface area contributed by atoms with Crippen LogP contribution in [0.5, 0.6) is 0 Å². The quantitative estimate of drug-likeness (QED) is 0.153. The summed E-state index contributed by atoms with van der Waals surface area (Å²) in [5, 5.41) is 11.3. The molecule has 4 atom stereocenters. The van der Waals surface area contributed by atoms with Crippen LogP contribution < -0.4 is 5.32 Å². The highest BCUT2D eigenvalue weighted by Crippen LogP contribution is 2.21. The van der Waals surface area contributed by atoms with E-state index in [0.717, 1.165) is 12.8 Å². The number of carbonyl (C=O) groups is 3. The van der Waals surface area contributed by atoms with Crippen LogP contribution in [0.1, 0.15) is 53.9 Å². The molecule has 0 saturated heterocycles. The molecule has 0 aliphatic carbocycles. The smallest absolute Gasteiger partial charge is 0.242 e. The number of hydrogen-bond donors (Lipinski definition) is 2. The van der Waals surface area contributed by atoms with Gasteiger partial charge in [-0.3, -0.25) is 14.4 Å². The number of carbonyl (C=O) groups excluding carboxylic acids is 3. The maximum Gasteiger partial charge on any atom is 0.242 e. The van der Waals surface area contributed by atoms with E-state index in [2.05, 4.69) is 19.2 Å². The van der Waals surface area contributed by atoms with Gasteiger partial charge in [0.2, 0.25) is 17.7 Å². The fraction of sp³-hybridized carbons (Fsp3) is 0.893. The van der Waals surface area contributed by atoms with Crippen molar-refractivity contribution in [3.05, 3.63) is 0 Å². The molecule has 3 amide bonds. The highest BCUT2D eigenvalue weighted by Gasteiger charge is 2.32. The number of aliphatic hydroxyl groups excluding tert-OH is 1. The van der Waals surface area contributed by atoms with Gasteiger partial charge in [-0.1, -0.05) is 27.2 Å². The number of nitrogens with zero attached hydrogens (tertiary/aromatic N) is 2. The highest BCUT2D eigenvalue weighted by atomic mass is 16.6. The van der Waals surface area contributed by atoms with E-state index in [9.17, 15) is 14.4 Å². The molecule has 236 valence electrons. The number of nitrogens with one attached hydrogen (secondary N) is 1. The van der Waals surface area contributed by atoms with Gasteiger partial charge >= 0.3 is 0 Å². The van der Waals surface area contributed by atoms with Crippen molar-refractivity contribution in [2.45, 2.75) is 72.1 Å². The van der Waals surface area contributed by atoms with Gasteiger partial charge in [-0.15, -0.1) is 0 Å². The number of ether oxygens (including phenoxy) is 5. The lowest BCUT2D eigenvalue weighted by atomic mass is 9.91. The van der Waals surface area contributed by atoms with Crippen LogP contribution in [0, 0.1) is 5.92 Å². The molecular formula is C28H55N3O9. The first-order valence-corrected chi connectivity index (χ1v) is 14.5. The second kappa shape index (κ2) is 23.8. The van der Waals surface area contributed by atoms with Crippen molar-refractivity contribution in [2.75, 3.05) is 86.7 Å². The highest BCUT2D eigenvalue weighted by molar-refractivity contribution is 5.90. The zero-order valence-electron chi connectivity index (χ0n) is 25.8. The second-order valence-electron chi connectivity index (χ2n) is 9.56. The lowest BCUT2D eigenvalue weighted by molar-refractivity contribution is -0.142. The second-order valence-corrected chi connectivity index (χ2v) is 9.56. The molecule has 12 heteroatoms. The Bertz CT molecular complexity index is 679. The van der Waals surface area contributed by atoms with Gasteiger partial charge < -0.3 is 43.9 Å². The molecule has 0 saturated carbocycles. The monoisotopic (exact) mass is 577 g/mol. The maximum absolute atomic E-state index is 12.9. The van der Waals surface area contributed by atoms with Crippen molar-refractivity contribution in [1.29, 1.82) is 0 Å². The summed E-state index contributed by atoms with van der Waals surface area (Å²) in [6, 6.07) is -0.821. The Morgan fingerprint density at radius 2 is 1.32 bits per heavy atom. The van der Waals surface area contributed by atoms with Crippen LogP contribution in [0.3, 0.4) is 0 Å². The van der Waals surface area contributed by atoms with E-state index in [0.29, 0.717) is 52.8 Å². The summed E-state index contributed by atoms with van der Waals surface area (Å²) < 4.78 is 26.9. The maximum atomic E-state index is 12.9. The molecule has 40 heavy (non-hydrogen) atoms. The minimum atomic E-state index is -0.722. The van der Waals surface area contributed by atoms with Gasteiger partial charge in [0.25, 0.3) is 0 Å². The van der Waals surface area contributed by atoms with E-state index >= 15 is 0 Å². The molecule has 0 fully saturated rings. The van der Waals surface area contributed by atoms with Crippen LogP contribution in [0.15, 0.2) is 0 Å². The molecule has 0 aliphatic rings. The summed E-state index contributed by atoms with van der Waals surface area (Å²) in [7, 11) is 3.40. The van der Waals surface area contributed by atoms with Gasteiger partial charge in [-0.25, -0.2) is 0 Å². The third-order valence-corrected chi connectivity index (χ3v) is 6.89. The molecular weight excluding hydrogens is 522 g/mol. The zero-order valence-corrected chi connectivity index (χ0v) is 25.8. The third kappa shape index (κ3) is 15.2. The summed E-state index contributed by atoms with van der Waals surface area (Å²) in [6.45, 7) is 12.8. The normalized spacial score (nSPS) is 14.3. The minimum absolute atomic E-state index is 0.00561. The van der Waals surface area contributed by atoms with Crippen molar-refractivity contribution in [2.24, 2.45) is 5.92 Å². The van der Waals surface area contributed by atoms with Crippen molar-refractivity contribution in [3.8, 4) is 0 Å². The SMILES string of the molecule is CCC(C)C(C(CC)OC)N(C)C(=O)CNC(=O)C(C)N(CC)C(=O)CCOCCOCCOCCOCCO. The summed E-state index contributed by atoms with van der Waals surface area (Å²) in [5.74, 6) is -0.551. The standard InChI is InChI=1S/C28H55N3O9/c1-8-22(4)27(24(9-2)36-7)30(6)26(34)21-29-28(35)23(5)31(10-3)25(33)11-13-37-15-17-39-19-20-40-18-16-38-14-12-32/h22-24,27,32H,8-21H2,1-7H3,(H,29,35). The van der Waals surface area contributed by atoms with E-state index < -0.39 is 6.04 Å². The fourth-order valence-electron chi connectivity index (χ4n) is 4.33. The number of methoxy groups -OCH3 is 1. The predicted octanol–water partition coefficient (Wildman–Crippen LogP) is 1.09. The van der Waals surface area contributed by atoms with E-state index in [4.69, 9.17) is 28.8 Å². The van der Waals surface area contributed by atoms with Gasteiger partial charge in [0.1, 0.15) is 6.04 Å². The van der Waals surface area contributed by atoms with E-state index in [1.54, 1.807) is 26.0 Å². The Balaban J connectivity index is 4.40. The average molecular weight is 578 g/mol. The van der Waals surface area contributed by atoms with Crippen LogP contribution in [-0.2, 0) is 38.1 Å². The summed E-state index contributed by atoms with van der Waals surface area (Å²) in [6.07, 6.45) is 1.71. The number of aliphatic hydroxyl groups is 1. The van der Waals surface area contributed by atoms with E-state index in [-0.39, 0.29) is 62.0 Å². The average Bonchev–Trinajstić information content (AvgIpc) is 2.96. The van der Waals surface area contributed by atoms with E-state index in [1.807, 2.05) is 13.8 Å². The Hall–Kier alpha value is -1.83. The Labute approximate surface area is 241 Å². The molecule has 0 radical (unpaired) electrons. The van der Waals surface area contributed by atoms with Crippen LogP contribution in [0.4, 0.5) is 0 Å². The molecule has 0 bridgehead atoms. The zero-order chi connectivity index (χ0) is 30.3. The first kappa shape index (κ1) is 38.2. The molecule has 12 nitrogen and oxygen atoms in total. The van der Waals surface area contributed by atoms with Crippen molar-refractivity contribution in [3.63, 3.8) is 0 Å². The van der Waals surface area contributed by atoms with Crippen LogP contribution in [0.2, 0.25) is 0 Å². The van der Waals surface area contributed by atoms with E-state index in [1.165, 1.54) is 4.90 Å². The lowest BCUT2D eigenvalue weighted by Crippen LogP contribution is -2.53. The number of rotatable bonds is 25. The summed E-state index contributed by atoms with van der Waals surface area (Å²) in [4.78, 5) is 41.6. The van der Waals surface area contributed by atoms with Gasteiger partial charge in [0, 0.05) is 20.7 Å². The van der Waals surface area contributed by atoms with Crippen molar-refractivity contribution in [1.82, 2.24) is 15.1 Å². The Kier molecular flexibility index (Phi) is 22.7. The van der Waals surface area contributed by atoms with Crippen molar-refractivity contribution < 1.29 is 43.2 Å². The molecule has 0 aromatic rings. The first-order chi connectivity index (χ1) is 19.2. The van der Waals surface area contributed by atoms with Gasteiger partial charge in [0.05, 0.1) is 84.6 Å². The van der Waals surface area contributed by atoms with Gasteiger partial charge in [-0.05, 0) is 26.2 Å². The fourth-order valence-corrected chi connectivity index (χ4v) is 4.33. The minimum Gasteiger partial charge on any atom is -0.394 e. The summed E-state index contributed by atoms with van der Waals surface area (Å²) in [5.41, 5.74) is 0. The molecule has 0 aliphatic heterocycles. The lowest BCUT2D eigenvalue weighted by Gasteiger charge is -2.37.